The maximum absolute atomic E-state index is 13.0. The van der Waals surface area contributed by atoms with Gasteiger partial charge in [-0.2, -0.15) is 0 Å². The van der Waals surface area contributed by atoms with Crippen LogP contribution in [-0.2, 0) is 28.5 Å². The second-order valence-electron chi connectivity index (χ2n) is 13.0. The van der Waals surface area contributed by atoms with Crippen molar-refractivity contribution in [1.29, 1.82) is 0 Å². The van der Waals surface area contributed by atoms with Crippen LogP contribution in [0.5, 0.6) is 0 Å². The van der Waals surface area contributed by atoms with Crippen molar-refractivity contribution in [3.63, 3.8) is 0 Å². The standard InChI is InChI=1S/C28H51N7O13/c1-2-3-35-26(42)24-25(47-22-14(33)13(19(22)40)17(38)11(36)5-29)28(43,8-45-24)7-44-23-16(37)9(31)4-10(32)21(23)48-27-15(34)20(41)18(39)12(6-30)46-27/h1,9-25,27,36-41,43H,3-8,29-34H2,(H,35,42). The first-order valence-corrected chi connectivity index (χ1v) is 15.8. The van der Waals surface area contributed by atoms with Gasteiger partial charge in [0.05, 0.1) is 56.3 Å². The van der Waals surface area contributed by atoms with Gasteiger partial charge in [-0.1, -0.05) is 5.92 Å². The maximum Gasteiger partial charge on any atom is 0.252 e. The fourth-order valence-corrected chi connectivity index (χ4v) is 6.68. The second-order valence-corrected chi connectivity index (χ2v) is 13.0. The van der Waals surface area contributed by atoms with E-state index in [1.54, 1.807) is 0 Å². The third-order valence-corrected chi connectivity index (χ3v) is 9.69. The van der Waals surface area contributed by atoms with Crippen molar-refractivity contribution in [2.45, 2.75) is 116 Å². The summed E-state index contributed by atoms with van der Waals surface area (Å²) < 4.78 is 29.4. The minimum absolute atomic E-state index is 0.0685. The Morgan fingerprint density at radius 1 is 0.958 bits per heavy atom. The third-order valence-electron chi connectivity index (χ3n) is 9.69. The van der Waals surface area contributed by atoms with Crippen LogP contribution in [0.4, 0.5) is 0 Å². The van der Waals surface area contributed by atoms with E-state index in [2.05, 4.69) is 11.2 Å². The van der Waals surface area contributed by atoms with E-state index in [0.29, 0.717) is 0 Å². The van der Waals surface area contributed by atoms with Gasteiger partial charge >= 0.3 is 0 Å². The summed E-state index contributed by atoms with van der Waals surface area (Å²) in [6.07, 6.45) is -12.4. The summed E-state index contributed by atoms with van der Waals surface area (Å²) >= 11 is 0. The van der Waals surface area contributed by atoms with E-state index in [1.165, 1.54) is 0 Å². The molecule has 1 amide bonds. The highest BCUT2D eigenvalue weighted by Crippen LogP contribution is 2.39. The van der Waals surface area contributed by atoms with E-state index in [9.17, 15) is 40.5 Å². The largest absolute Gasteiger partial charge is 0.390 e. The highest BCUT2D eigenvalue weighted by atomic mass is 16.7. The lowest BCUT2D eigenvalue weighted by Crippen LogP contribution is -2.72. The lowest BCUT2D eigenvalue weighted by molar-refractivity contribution is -0.294. The SMILES string of the molecule is C#CCNC(=O)C1OCC(O)(COC2C(O)C(N)CC(N)C2OC2OC(CN)C(O)C(O)C2N)C1OC1C(N)C(C(O)C(O)CN)C1O. The van der Waals surface area contributed by atoms with Gasteiger partial charge in [-0.05, 0) is 6.42 Å². The first-order chi connectivity index (χ1) is 22.6. The Bertz CT molecular complexity index is 1110. The molecule has 19 atom stereocenters. The number of carbonyl (C=O) groups is 1. The van der Waals surface area contributed by atoms with Crippen molar-refractivity contribution in [3.8, 4) is 12.3 Å². The smallest absolute Gasteiger partial charge is 0.252 e. The number of hydrogen-bond acceptors (Lipinski definition) is 19. The van der Waals surface area contributed by atoms with Gasteiger partial charge in [0.1, 0.15) is 42.2 Å². The van der Waals surface area contributed by atoms with Crippen molar-refractivity contribution < 1.29 is 64.2 Å². The van der Waals surface area contributed by atoms with E-state index in [4.69, 9.17) is 64.5 Å². The molecular weight excluding hydrogens is 642 g/mol. The van der Waals surface area contributed by atoms with Crippen molar-refractivity contribution in [3.05, 3.63) is 0 Å². The van der Waals surface area contributed by atoms with Gasteiger partial charge < -0.3 is 99.1 Å². The summed E-state index contributed by atoms with van der Waals surface area (Å²) in [5.41, 5.74) is 33.7. The molecule has 276 valence electrons. The van der Waals surface area contributed by atoms with Crippen LogP contribution in [0.3, 0.4) is 0 Å². The van der Waals surface area contributed by atoms with Gasteiger partial charge in [-0.3, -0.25) is 4.79 Å². The van der Waals surface area contributed by atoms with Gasteiger partial charge in [0.15, 0.2) is 12.4 Å². The lowest BCUT2D eigenvalue weighted by Gasteiger charge is -2.51. The molecule has 0 spiro atoms. The number of amides is 1. The minimum Gasteiger partial charge on any atom is -0.390 e. The van der Waals surface area contributed by atoms with E-state index < -0.39 is 134 Å². The highest BCUT2D eigenvalue weighted by Gasteiger charge is 2.60. The molecule has 0 aromatic rings. The Morgan fingerprint density at radius 2 is 1.65 bits per heavy atom. The zero-order valence-corrected chi connectivity index (χ0v) is 26.3. The normalized spacial score (nSPS) is 47.5. The monoisotopic (exact) mass is 693 g/mol. The number of ether oxygens (including phenoxy) is 5. The Morgan fingerprint density at radius 3 is 2.25 bits per heavy atom. The van der Waals surface area contributed by atoms with Crippen LogP contribution >= 0.6 is 0 Å². The Kier molecular flexibility index (Phi) is 13.1. The summed E-state index contributed by atoms with van der Waals surface area (Å²) in [4.78, 5) is 13.0. The van der Waals surface area contributed by atoms with Gasteiger partial charge in [-0.15, -0.1) is 6.42 Å². The molecule has 4 fully saturated rings. The molecule has 2 saturated carbocycles. The van der Waals surface area contributed by atoms with E-state index >= 15 is 0 Å². The molecule has 4 aliphatic rings. The third kappa shape index (κ3) is 7.64. The van der Waals surface area contributed by atoms with Crippen LogP contribution in [0.1, 0.15) is 6.42 Å². The average molecular weight is 694 g/mol. The summed E-state index contributed by atoms with van der Waals surface area (Å²) in [6.45, 7) is -1.85. The van der Waals surface area contributed by atoms with Crippen LogP contribution in [0.15, 0.2) is 0 Å². The molecule has 0 radical (unpaired) electrons. The number of hydrogen-bond donors (Lipinski definition) is 14. The number of terminal acetylenes is 1. The van der Waals surface area contributed by atoms with Crippen LogP contribution in [0, 0.1) is 18.3 Å². The lowest BCUT2D eigenvalue weighted by atomic mass is 9.69. The number of nitrogens with two attached hydrogens (primary N) is 6. The molecule has 2 heterocycles. The van der Waals surface area contributed by atoms with Gasteiger partial charge in [-0.25, -0.2) is 0 Å². The number of aliphatic hydroxyl groups is 7. The molecule has 2 saturated heterocycles. The molecule has 48 heavy (non-hydrogen) atoms. The second kappa shape index (κ2) is 16.1. The zero-order chi connectivity index (χ0) is 35.7. The van der Waals surface area contributed by atoms with Crippen LogP contribution in [-0.4, -0.2) is 184 Å². The number of nitrogens with one attached hydrogen (secondary N) is 1. The van der Waals surface area contributed by atoms with Crippen LogP contribution < -0.4 is 39.7 Å². The van der Waals surface area contributed by atoms with Gasteiger partial charge in [0.25, 0.3) is 5.91 Å². The van der Waals surface area contributed by atoms with Crippen molar-refractivity contribution in [1.82, 2.24) is 5.32 Å². The van der Waals surface area contributed by atoms with E-state index in [0.717, 1.165) is 0 Å². The fourth-order valence-electron chi connectivity index (χ4n) is 6.68. The van der Waals surface area contributed by atoms with Crippen molar-refractivity contribution in [2.75, 3.05) is 32.8 Å². The average Bonchev–Trinajstić information content (AvgIpc) is 3.39. The Hall–Kier alpha value is -1.69. The number of rotatable bonds is 13. The zero-order valence-electron chi connectivity index (χ0n) is 26.3. The summed E-state index contributed by atoms with van der Waals surface area (Å²) in [6, 6.07) is -4.07. The molecule has 20 N–H and O–H groups in total. The minimum atomic E-state index is -2.13. The first-order valence-electron chi connectivity index (χ1n) is 15.8. The predicted octanol–water partition coefficient (Wildman–Crippen LogP) is -9.46. The van der Waals surface area contributed by atoms with Crippen molar-refractivity contribution in [2.24, 2.45) is 40.3 Å². The molecule has 0 aromatic carbocycles. The molecule has 4 rings (SSSR count). The molecule has 0 bridgehead atoms. The summed E-state index contributed by atoms with van der Waals surface area (Å²) in [5.74, 6) is 0.446. The molecular formula is C28H51N7O13. The Labute approximate surface area is 276 Å². The number of carbonyl (C=O) groups excluding carboxylic acids is 1. The Balaban J connectivity index is 1.54. The van der Waals surface area contributed by atoms with Gasteiger partial charge in [0, 0.05) is 37.1 Å². The van der Waals surface area contributed by atoms with Gasteiger partial charge in [0.2, 0.25) is 0 Å². The quantitative estimate of drug-likeness (QED) is 0.0796. The van der Waals surface area contributed by atoms with E-state index in [1.807, 2.05) is 0 Å². The molecule has 20 nitrogen and oxygen atoms in total. The maximum atomic E-state index is 13.0. The topological polar surface area (TPSA) is 373 Å². The van der Waals surface area contributed by atoms with Crippen LogP contribution in [0.2, 0.25) is 0 Å². The summed E-state index contributed by atoms with van der Waals surface area (Å²) in [5, 5.41) is 77.2. The fraction of sp³-hybridized carbons (Fsp3) is 0.893. The summed E-state index contributed by atoms with van der Waals surface area (Å²) in [7, 11) is 0. The molecule has 2 aliphatic heterocycles. The number of aliphatic hydroxyl groups excluding tert-OH is 6. The predicted molar refractivity (Wildman–Crippen MR) is 163 cm³/mol. The highest BCUT2D eigenvalue weighted by molar-refractivity contribution is 5.82. The van der Waals surface area contributed by atoms with E-state index in [-0.39, 0.29) is 26.1 Å². The van der Waals surface area contributed by atoms with Crippen molar-refractivity contribution >= 4 is 5.91 Å². The molecule has 2 aliphatic carbocycles. The molecule has 19 unspecified atom stereocenters. The molecule has 20 heteroatoms. The molecule has 0 aromatic heterocycles. The van der Waals surface area contributed by atoms with Crippen LogP contribution in [0.25, 0.3) is 0 Å². The first kappa shape index (κ1) is 39.1.